The fraction of sp³-hybridized carbons (Fsp3) is 0.167. The van der Waals surface area contributed by atoms with Gasteiger partial charge in [0.15, 0.2) is 5.69 Å². The molecule has 1 aromatic carbocycles. The minimum Gasteiger partial charge on any atom is -0.360 e. The maximum Gasteiger partial charge on any atom is 0.271 e. The largest absolute Gasteiger partial charge is 0.360 e. The average molecular weight is 340 g/mol. The van der Waals surface area contributed by atoms with Gasteiger partial charge in [-0.05, 0) is 56.3 Å². The predicted molar refractivity (Wildman–Crippen MR) is 92.2 cm³/mol. The summed E-state index contributed by atoms with van der Waals surface area (Å²) in [6.07, 6.45) is 3.60. The molecule has 25 heavy (non-hydrogen) atoms. The number of hydrogen-bond acceptors (Lipinski definition) is 4. The Kier molecular flexibility index (Phi) is 4.74. The molecule has 2 aromatic heterocycles. The number of aryl methyl sites for hydroxylation is 1. The van der Waals surface area contributed by atoms with E-state index in [1.807, 2.05) is 13.0 Å². The van der Waals surface area contributed by atoms with Crippen LogP contribution in [0.4, 0.5) is 4.39 Å². The van der Waals surface area contributed by atoms with Gasteiger partial charge in [-0.3, -0.25) is 9.89 Å². The zero-order valence-corrected chi connectivity index (χ0v) is 13.8. The molecule has 0 radical (unpaired) electrons. The molecule has 0 fully saturated rings. The quantitative estimate of drug-likeness (QED) is 0.745. The molecule has 0 atom stereocenters. The van der Waals surface area contributed by atoms with Crippen molar-refractivity contribution in [2.24, 2.45) is 0 Å². The summed E-state index contributed by atoms with van der Waals surface area (Å²) in [4.78, 5) is 11.7. The van der Waals surface area contributed by atoms with Crippen molar-refractivity contribution in [3.05, 3.63) is 58.9 Å². The second-order valence-electron chi connectivity index (χ2n) is 5.41. The summed E-state index contributed by atoms with van der Waals surface area (Å²) in [5.41, 5.74) is 3.15. The van der Waals surface area contributed by atoms with Gasteiger partial charge in [0.05, 0.1) is 5.69 Å². The molecule has 0 saturated heterocycles. The van der Waals surface area contributed by atoms with Crippen molar-refractivity contribution in [1.82, 2.24) is 20.7 Å². The molecule has 2 N–H and O–H groups in total. The van der Waals surface area contributed by atoms with Gasteiger partial charge >= 0.3 is 0 Å². The molecule has 0 spiro atoms. The topological polar surface area (TPSA) is 83.8 Å². The molecule has 0 unspecified atom stereocenters. The Bertz CT molecular complexity index is 910. The standard InChI is InChI=1S/C18H17FN4O2/c1-3-20-18(24)16-10-14(21-22-16)8-9-15-11(2)25-23-17(15)12-4-6-13(19)7-5-12/h4-10H,3H2,1-2H3,(H,20,24)(H,21,22). The van der Waals surface area contributed by atoms with Gasteiger partial charge in [0.2, 0.25) is 0 Å². The molecule has 128 valence electrons. The molecule has 1 amide bonds. The summed E-state index contributed by atoms with van der Waals surface area (Å²) in [5.74, 6) is 0.0991. The number of amides is 1. The van der Waals surface area contributed by atoms with E-state index in [0.717, 1.165) is 11.1 Å². The molecule has 3 rings (SSSR count). The first-order valence-corrected chi connectivity index (χ1v) is 7.82. The zero-order valence-electron chi connectivity index (χ0n) is 13.8. The monoisotopic (exact) mass is 340 g/mol. The smallest absolute Gasteiger partial charge is 0.271 e. The Hall–Kier alpha value is -3.22. The number of nitrogens with one attached hydrogen (secondary N) is 2. The zero-order chi connectivity index (χ0) is 17.8. The van der Waals surface area contributed by atoms with E-state index >= 15 is 0 Å². The van der Waals surface area contributed by atoms with Crippen LogP contribution in [-0.4, -0.2) is 27.8 Å². The van der Waals surface area contributed by atoms with E-state index in [1.54, 1.807) is 31.2 Å². The van der Waals surface area contributed by atoms with Gasteiger partial charge in [-0.25, -0.2) is 4.39 Å². The van der Waals surface area contributed by atoms with Crippen LogP contribution in [0.2, 0.25) is 0 Å². The SMILES string of the molecule is CCNC(=O)c1cc(C=Cc2c(-c3ccc(F)cc3)noc2C)[nH]n1. The van der Waals surface area contributed by atoms with Gasteiger partial charge in [0, 0.05) is 17.7 Å². The fourth-order valence-electron chi connectivity index (χ4n) is 2.35. The number of aromatic nitrogens is 3. The maximum atomic E-state index is 13.1. The van der Waals surface area contributed by atoms with E-state index in [9.17, 15) is 9.18 Å². The summed E-state index contributed by atoms with van der Waals surface area (Å²) in [5, 5.41) is 13.5. The molecule has 0 saturated carbocycles. The van der Waals surface area contributed by atoms with Crippen molar-refractivity contribution >= 4 is 18.1 Å². The Labute approximate surface area is 143 Å². The number of nitrogens with zero attached hydrogens (tertiary/aromatic N) is 2. The van der Waals surface area contributed by atoms with E-state index in [4.69, 9.17) is 4.52 Å². The number of carbonyl (C=O) groups excluding carboxylic acids is 1. The maximum absolute atomic E-state index is 13.1. The van der Waals surface area contributed by atoms with Crippen LogP contribution in [0.1, 0.15) is 34.4 Å². The van der Waals surface area contributed by atoms with Crippen LogP contribution in [0.25, 0.3) is 23.4 Å². The Balaban J connectivity index is 1.86. The highest BCUT2D eigenvalue weighted by Gasteiger charge is 2.13. The van der Waals surface area contributed by atoms with Crippen molar-refractivity contribution in [3.63, 3.8) is 0 Å². The number of halogens is 1. The molecule has 3 aromatic rings. The number of H-pyrrole nitrogens is 1. The van der Waals surface area contributed by atoms with Crippen LogP contribution in [0.15, 0.2) is 34.9 Å². The van der Waals surface area contributed by atoms with Crippen molar-refractivity contribution in [2.45, 2.75) is 13.8 Å². The minimum absolute atomic E-state index is 0.230. The van der Waals surface area contributed by atoms with Crippen molar-refractivity contribution < 1.29 is 13.7 Å². The highest BCUT2D eigenvalue weighted by Crippen LogP contribution is 2.27. The van der Waals surface area contributed by atoms with Crippen LogP contribution >= 0.6 is 0 Å². The Morgan fingerprint density at radius 1 is 1.32 bits per heavy atom. The van der Waals surface area contributed by atoms with Crippen molar-refractivity contribution in [3.8, 4) is 11.3 Å². The molecular formula is C18H17FN4O2. The fourth-order valence-corrected chi connectivity index (χ4v) is 2.35. The van der Waals surface area contributed by atoms with Crippen LogP contribution in [-0.2, 0) is 0 Å². The van der Waals surface area contributed by atoms with E-state index in [1.165, 1.54) is 12.1 Å². The van der Waals surface area contributed by atoms with Gasteiger partial charge in [-0.1, -0.05) is 5.16 Å². The van der Waals surface area contributed by atoms with Gasteiger partial charge in [0.25, 0.3) is 5.91 Å². The third-order valence-electron chi connectivity index (χ3n) is 3.62. The molecule has 0 aliphatic rings. The van der Waals surface area contributed by atoms with E-state index < -0.39 is 0 Å². The Morgan fingerprint density at radius 3 is 2.80 bits per heavy atom. The van der Waals surface area contributed by atoms with Crippen molar-refractivity contribution in [1.29, 1.82) is 0 Å². The molecule has 0 aliphatic carbocycles. The van der Waals surface area contributed by atoms with Gasteiger partial charge in [-0.2, -0.15) is 5.10 Å². The van der Waals surface area contributed by atoms with Crippen LogP contribution in [0.3, 0.4) is 0 Å². The lowest BCUT2D eigenvalue weighted by Gasteiger charge is -1.98. The summed E-state index contributed by atoms with van der Waals surface area (Å²) in [6, 6.07) is 7.70. The summed E-state index contributed by atoms with van der Waals surface area (Å²) in [7, 11) is 0. The lowest BCUT2D eigenvalue weighted by Crippen LogP contribution is -2.22. The van der Waals surface area contributed by atoms with Crippen LogP contribution in [0.5, 0.6) is 0 Å². The molecule has 6 nitrogen and oxygen atoms in total. The second-order valence-corrected chi connectivity index (χ2v) is 5.41. The third kappa shape index (κ3) is 3.65. The van der Waals surface area contributed by atoms with Crippen molar-refractivity contribution in [2.75, 3.05) is 6.54 Å². The first-order chi connectivity index (χ1) is 12.1. The lowest BCUT2D eigenvalue weighted by atomic mass is 10.1. The van der Waals surface area contributed by atoms with Gasteiger partial charge in [0.1, 0.15) is 17.3 Å². The van der Waals surface area contributed by atoms with E-state index in [-0.39, 0.29) is 11.7 Å². The lowest BCUT2D eigenvalue weighted by molar-refractivity contribution is 0.0951. The Morgan fingerprint density at radius 2 is 2.08 bits per heavy atom. The summed E-state index contributed by atoms with van der Waals surface area (Å²) < 4.78 is 18.4. The number of aromatic amines is 1. The van der Waals surface area contributed by atoms with E-state index in [0.29, 0.717) is 29.4 Å². The second kappa shape index (κ2) is 7.12. The number of carbonyl (C=O) groups is 1. The molecule has 0 bridgehead atoms. The summed E-state index contributed by atoms with van der Waals surface area (Å²) in [6.45, 7) is 4.18. The first-order valence-electron chi connectivity index (χ1n) is 7.82. The minimum atomic E-state index is -0.309. The predicted octanol–water partition coefficient (Wildman–Crippen LogP) is 3.43. The first kappa shape index (κ1) is 16.6. The number of benzene rings is 1. The summed E-state index contributed by atoms with van der Waals surface area (Å²) >= 11 is 0. The highest BCUT2D eigenvalue weighted by atomic mass is 19.1. The average Bonchev–Trinajstić information content (AvgIpc) is 3.21. The van der Waals surface area contributed by atoms with E-state index in [2.05, 4.69) is 20.7 Å². The highest BCUT2D eigenvalue weighted by molar-refractivity contribution is 5.93. The van der Waals surface area contributed by atoms with Gasteiger partial charge in [-0.15, -0.1) is 0 Å². The van der Waals surface area contributed by atoms with Gasteiger partial charge < -0.3 is 9.84 Å². The molecule has 0 aliphatic heterocycles. The number of hydrogen-bond donors (Lipinski definition) is 2. The van der Waals surface area contributed by atoms with Crippen LogP contribution in [0, 0.1) is 12.7 Å². The van der Waals surface area contributed by atoms with Crippen LogP contribution < -0.4 is 5.32 Å². The molecule has 2 heterocycles. The molecule has 7 heteroatoms. The number of rotatable bonds is 5. The molecular weight excluding hydrogens is 323 g/mol. The normalized spacial score (nSPS) is 11.2. The third-order valence-corrected chi connectivity index (χ3v) is 3.62.